The molecule has 1 heterocycles. The molecule has 2 fully saturated rings. The first-order chi connectivity index (χ1) is 15.5. The first-order valence-electron chi connectivity index (χ1n) is 10.8. The van der Waals surface area contributed by atoms with Gasteiger partial charge in [-0.15, -0.1) is 0 Å². The molecule has 6 nitrogen and oxygen atoms in total. The van der Waals surface area contributed by atoms with Gasteiger partial charge in [0.1, 0.15) is 5.78 Å². The molecule has 1 saturated heterocycles. The van der Waals surface area contributed by atoms with Gasteiger partial charge < -0.3 is 14.4 Å². The van der Waals surface area contributed by atoms with Crippen molar-refractivity contribution < 1.29 is 23.9 Å². The van der Waals surface area contributed by atoms with Crippen molar-refractivity contribution in [2.75, 3.05) is 19.1 Å². The molecular formula is C26H29NO5S. The second kappa shape index (κ2) is 7.62. The number of thioether (sulfide) groups is 1. The molecule has 174 valence electrons. The smallest absolute Gasteiger partial charge is 0.354 e. The minimum atomic E-state index is -1.83. The summed E-state index contributed by atoms with van der Waals surface area (Å²) in [7, 11) is 2.53. The Morgan fingerprint density at radius 2 is 1.27 bits per heavy atom. The van der Waals surface area contributed by atoms with E-state index in [0.29, 0.717) is 5.69 Å². The normalized spacial score (nSPS) is 23.6. The van der Waals surface area contributed by atoms with Crippen LogP contribution >= 0.6 is 11.8 Å². The summed E-state index contributed by atoms with van der Waals surface area (Å²) in [5, 5.41) is 0. The van der Waals surface area contributed by atoms with Crippen molar-refractivity contribution in [1.29, 1.82) is 0 Å². The van der Waals surface area contributed by atoms with Crippen molar-refractivity contribution in [2.45, 2.75) is 43.4 Å². The van der Waals surface area contributed by atoms with Crippen LogP contribution in [-0.2, 0) is 23.9 Å². The first-order valence-corrected chi connectivity index (χ1v) is 11.7. The number of carbonyl (C=O) groups is 3. The van der Waals surface area contributed by atoms with Crippen LogP contribution in [0.5, 0.6) is 0 Å². The van der Waals surface area contributed by atoms with Gasteiger partial charge in [-0.1, -0.05) is 88.0 Å². The Morgan fingerprint density at radius 1 is 0.818 bits per heavy atom. The lowest BCUT2D eigenvalue weighted by molar-refractivity contribution is -0.161. The lowest BCUT2D eigenvalue weighted by Crippen LogP contribution is -2.74. The number of benzene rings is 2. The monoisotopic (exact) mass is 467 g/mol. The molecule has 1 atom stereocenters. The largest absolute Gasteiger partial charge is 0.466 e. The first kappa shape index (κ1) is 23.4. The number of para-hydroxylation sites is 1. The number of hydrogen-bond acceptors (Lipinski definition) is 7. The van der Waals surface area contributed by atoms with Gasteiger partial charge in [-0.2, -0.15) is 0 Å². The molecule has 2 aromatic rings. The highest BCUT2D eigenvalue weighted by molar-refractivity contribution is 8.04. The minimum Gasteiger partial charge on any atom is -0.466 e. The summed E-state index contributed by atoms with van der Waals surface area (Å²) in [5.74, 6) is -1.37. The molecule has 2 aromatic carbocycles. The Kier molecular flexibility index (Phi) is 5.39. The fourth-order valence-electron chi connectivity index (χ4n) is 6.06. The molecule has 0 radical (unpaired) electrons. The SMILES string of the molecule is COC(=O)C1(C(=O)OC)SC2(C(c3ccccc3)N1c1ccccc1)C(C)(C)C(=O)C2(C)C. The van der Waals surface area contributed by atoms with Crippen LogP contribution in [0.25, 0.3) is 0 Å². The highest BCUT2D eigenvalue weighted by Crippen LogP contribution is 2.77. The van der Waals surface area contributed by atoms with Gasteiger partial charge in [0.25, 0.3) is 4.87 Å². The predicted molar refractivity (Wildman–Crippen MR) is 128 cm³/mol. The van der Waals surface area contributed by atoms with E-state index in [1.165, 1.54) is 26.0 Å². The zero-order valence-electron chi connectivity index (χ0n) is 19.7. The number of Topliss-reactive ketones (excluding diaryl/α,β-unsaturated/α-hetero) is 1. The minimum absolute atomic E-state index is 0.0852. The number of nitrogens with zero attached hydrogens (tertiary/aromatic N) is 1. The molecule has 1 aliphatic carbocycles. The maximum Gasteiger partial charge on any atom is 0.354 e. The number of ether oxygens (including phenoxy) is 2. The van der Waals surface area contributed by atoms with E-state index in [0.717, 1.165) is 5.56 Å². The fourth-order valence-corrected chi connectivity index (χ4v) is 8.21. The zero-order valence-corrected chi connectivity index (χ0v) is 20.6. The van der Waals surface area contributed by atoms with Crippen molar-refractivity contribution in [1.82, 2.24) is 0 Å². The van der Waals surface area contributed by atoms with Crippen molar-refractivity contribution in [3.63, 3.8) is 0 Å². The topological polar surface area (TPSA) is 72.9 Å². The molecule has 1 unspecified atom stereocenters. The molecule has 1 spiro atoms. The molecule has 7 heteroatoms. The van der Waals surface area contributed by atoms with E-state index in [1.54, 1.807) is 4.90 Å². The van der Waals surface area contributed by atoms with Crippen LogP contribution < -0.4 is 4.90 Å². The third kappa shape index (κ3) is 2.72. The lowest BCUT2D eigenvalue weighted by atomic mass is 9.43. The van der Waals surface area contributed by atoms with Crippen molar-refractivity contribution >= 4 is 35.2 Å². The van der Waals surface area contributed by atoms with E-state index in [-0.39, 0.29) is 5.78 Å². The van der Waals surface area contributed by atoms with Crippen LogP contribution in [0.2, 0.25) is 0 Å². The van der Waals surface area contributed by atoms with Gasteiger partial charge >= 0.3 is 11.9 Å². The van der Waals surface area contributed by atoms with Gasteiger partial charge in [0, 0.05) is 16.5 Å². The van der Waals surface area contributed by atoms with E-state index in [1.807, 2.05) is 88.4 Å². The van der Waals surface area contributed by atoms with Gasteiger partial charge in [0.15, 0.2) is 0 Å². The highest BCUT2D eigenvalue weighted by Gasteiger charge is 2.84. The number of methoxy groups -OCH3 is 2. The maximum atomic E-state index is 13.6. The van der Waals surface area contributed by atoms with Crippen LogP contribution in [0.1, 0.15) is 39.3 Å². The highest BCUT2D eigenvalue weighted by atomic mass is 32.2. The quantitative estimate of drug-likeness (QED) is 0.487. The number of esters is 2. The van der Waals surface area contributed by atoms with E-state index in [4.69, 9.17) is 9.47 Å². The fraction of sp³-hybridized carbons (Fsp3) is 0.423. The number of hydrogen-bond donors (Lipinski definition) is 0. The molecule has 0 bridgehead atoms. The molecule has 4 rings (SSSR count). The maximum absolute atomic E-state index is 13.6. The van der Waals surface area contributed by atoms with Crippen LogP contribution in [0.4, 0.5) is 5.69 Å². The number of ketones is 1. The zero-order chi connectivity index (χ0) is 24.2. The van der Waals surface area contributed by atoms with E-state index in [9.17, 15) is 14.4 Å². The van der Waals surface area contributed by atoms with Crippen molar-refractivity contribution in [2.24, 2.45) is 10.8 Å². The summed E-state index contributed by atoms with van der Waals surface area (Å²) in [6, 6.07) is 18.5. The Bertz CT molecular complexity index is 1060. The van der Waals surface area contributed by atoms with Gasteiger partial charge in [-0.05, 0) is 17.7 Å². The average molecular weight is 468 g/mol. The third-order valence-electron chi connectivity index (χ3n) is 7.36. The molecule has 33 heavy (non-hydrogen) atoms. The van der Waals surface area contributed by atoms with Crippen molar-refractivity contribution in [3.8, 4) is 0 Å². The third-order valence-corrected chi connectivity index (χ3v) is 9.75. The number of rotatable bonds is 4. The number of anilines is 1. The van der Waals surface area contributed by atoms with E-state index < -0.39 is 38.4 Å². The van der Waals surface area contributed by atoms with Crippen LogP contribution in [-0.4, -0.2) is 41.6 Å². The molecule has 2 aliphatic rings. The summed E-state index contributed by atoms with van der Waals surface area (Å²) < 4.78 is 9.63. The Labute approximate surface area is 198 Å². The predicted octanol–water partition coefficient (Wildman–Crippen LogP) is 4.40. The molecule has 0 aromatic heterocycles. The van der Waals surface area contributed by atoms with Gasteiger partial charge in [0.05, 0.1) is 25.0 Å². The van der Waals surface area contributed by atoms with Gasteiger partial charge in [-0.25, -0.2) is 9.59 Å². The molecule has 1 saturated carbocycles. The van der Waals surface area contributed by atoms with E-state index in [2.05, 4.69) is 0 Å². The van der Waals surface area contributed by atoms with Crippen LogP contribution in [0, 0.1) is 10.8 Å². The summed E-state index contributed by atoms with van der Waals surface area (Å²) >= 11 is 1.19. The Morgan fingerprint density at radius 3 is 1.73 bits per heavy atom. The average Bonchev–Trinajstić information content (AvgIpc) is 3.19. The van der Waals surface area contributed by atoms with Crippen LogP contribution in [0.3, 0.4) is 0 Å². The Hall–Kier alpha value is -2.80. The van der Waals surface area contributed by atoms with Crippen molar-refractivity contribution in [3.05, 3.63) is 66.2 Å². The van der Waals surface area contributed by atoms with Crippen LogP contribution in [0.15, 0.2) is 60.7 Å². The molecular weight excluding hydrogens is 438 g/mol. The lowest BCUT2D eigenvalue weighted by Gasteiger charge is -2.65. The summed E-state index contributed by atoms with van der Waals surface area (Å²) in [6.07, 6.45) is 0. The van der Waals surface area contributed by atoms with Gasteiger partial charge in [0.2, 0.25) is 0 Å². The summed E-state index contributed by atoms with van der Waals surface area (Å²) in [5.41, 5.74) is -0.105. The standard InChI is InChI=1S/C26H29NO5S/c1-23(2)20(28)24(3,4)26(23)19(17-13-9-7-10-14-17)27(18-15-11-8-12-16-18)25(33-26,21(29)31-5)22(30)32-6/h7-16,19H,1-6H3. The Balaban J connectivity index is 2.14. The summed E-state index contributed by atoms with van der Waals surface area (Å²) in [6.45, 7) is 7.60. The second-order valence-electron chi connectivity index (χ2n) is 9.56. The summed E-state index contributed by atoms with van der Waals surface area (Å²) in [4.78, 5) is 40.5. The van der Waals surface area contributed by atoms with Gasteiger partial charge in [-0.3, -0.25) is 4.79 Å². The molecule has 1 aliphatic heterocycles. The number of carbonyl (C=O) groups excluding carboxylic acids is 3. The molecule has 0 N–H and O–H groups in total. The second-order valence-corrected chi connectivity index (χ2v) is 11.0. The van der Waals surface area contributed by atoms with E-state index >= 15 is 0 Å². The molecule has 0 amide bonds.